The zero-order valence-electron chi connectivity index (χ0n) is 14.5. The van der Waals surface area contributed by atoms with Crippen molar-refractivity contribution in [2.24, 2.45) is 0 Å². The molecule has 1 atom stereocenters. The zero-order chi connectivity index (χ0) is 18.8. The fraction of sp³-hybridized carbons (Fsp3) is 0.250. The maximum absolute atomic E-state index is 11.9. The van der Waals surface area contributed by atoms with E-state index in [0.717, 1.165) is 6.21 Å². The van der Waals surface area contributed by atoms with Crippen LogP contribution >= 0.6 is 0 Å². The first-order chi connectivity index (χ1) is 12.6. The summed E-state index contributed by atoms with van der Waals surface area (Å²) < 4.78 is 15.7. The molecule has 1 N–H and O–H groups in total. The molecule has 0 aliphatic rings. The summed E-state index contributed by atoms with van der Waals surface area (Å²) in [5.41, 5.74) is 0.403. The highest BCUT2D eigenvalue weighted by molar-refractivity contribution is 5.91. The van der Waals surface area contributed by atoms with Gasteiger partial charge in [-0.15, -0.1) is 0 Å². The Labute approximate surface area is 152 Å². The molecule has 2 aromatic carbocycles. The topological polar surface area (TPSA) is 85.7 Å². The molecule has 26 heavy (non-hydrogen) atoms. The van der Waals surface area contributed by atoms with Crippen molar-refractivity contribution in [1.29, 1.82) is 5.41 Å². The molecule has 0 aliphatic carbocycles. The lowest BCUT2D eigenvalue weighted by Gasteiger charge is -2.14. The van der Waals surface area contributed by atoms with Crippen molar-refractivity contribution < 1.29 is 23.8 Å². The number of rotatable bonds is 10. The molecule has 0 aromatic heterocycles. The van der Waals surface area contributed by atoms with Crippen LogP contribution in [0.4, 0.5) is 0 Å². The Morgan fingerprint density at radius 3 is 2.31 bits per heavy atom. The summed E-state index contributed by atoms with van der Waals surface area (Å²) in [4.78, 5) is 23.7. The second kappa shape index (κ2) is 9.98. The molecule has 0 heterocycles. The van der Waals surface area contributed by atoms with Crippen LogP contribution in [0.3, 0.4) is 0 Å². The van der Waals surface area contributed by atoms with Gasteiger partial charge >= 0.3 is 5.97 Å². The average molecular weight is 355 g/mol. The number of ketones is 1. The van der Waals surface area contributed by atoms with E-state index in [4.69, 9.17) is 19.6 Å². The summed E-state index contributed by atoms with van der Waals surface area (Å²) in [6.45, 7) is -0.291. The van der Waals surface area contributed by atoms with Crippen molar-refractivity contribution in [1.82, 2.24) is 0 Å². The molecule has 0 fully saturated rings. The van der Waals surface area contributed by atoms with Crippen LogP contribution in [-0.2, 0) is 9.53 Å². The summed E-state index contributed by atoms with van der Waals surface area (Å²) >= 11 is 0. The molecule has 0 spiro atoms. The predicted octanol–water partition coefficient (Wildman–Crippen LogP) is 3.30. The molecule has 136 valence electrons. The minimum Gasteiger partial charge on any atom is -0.497 e. The van der Waals surface area contributed by atoms with Crippen LogP contribution < -0.4 is 9.47 Å². The molecule has 0 saturated heterocycles. The highest BCUT2D eigenvalue weighted by Gasteiger charge is 2.13. The molecular formula is C20H21NO5. The highest BCUT2D eigenvalue weighted by Crippen LogP contribution is 2.19. The third-order valence-electron chi connectivity index (χ3n) is 3.61. The van der Waals surface area contributed by atoms with Crippen LogP contribution in [-0.4, -0.2) is 37.8 Å². The maximum Gasteiger partial charge on any atom is 0.338 e. The van der Waals surface area contributed by atoms with Gasteiger partial charge in [0.25, 0.3) is 0 Å². The van der Waals surface area contributed by atoms with Gasteiger partial charge in [0.2, 0.25) is 0 Å². The molecule has 6 heteroatoms. The van der Waals surface area contributed by atoms with Crippen molar-refractivity contribution >= 4 is 18.0 Å². The number of methoxy groups -OCH3 is 1. The first-order valence-corrected chi connectivity index (χ1v) is 8.17. The SMILES string of the molecule is COc1ccc(O[C@@H](C=N)CCC(=O)COC(=O)c2ccccc2)cc1. The Morgan fingerprint density at radius 1 is 1.04 bits per heavy atom. The predicted molar refractivity (Wildman–Crippen MR) is 97.2 cm³/mol. The number of carbonyl (C=O) groups excluding carboxylic acids is 2. The second-order valence-corrected chi connectivity index (χ2v) is 5.52. The number of esters is 1. The lowest BCUT2D eigenvalue weighted by Crippen LogP contribution is -2.21. The molecule has 0 unspecified atom stereocenters. The standard InChI is InChI=1S/C20H21NO5/c1-24-17-9-11-18(12-10-17)26-19(13-21)8-7-16(22)14-25-20(23)15-5-3-2-4-6-15/h2-6,9-13,19,21H,7-8,14H2,1H3/t19-/m1/s1. The Morgan fingerprint density at radius 2 is 1.69 bits per heavy atom. The van der Waals surface area contributed by atoms with Crippen LogP contribution in [0, 0.1) is 5.41 Å². The van der Waals surface area contributed by atoms with Crippen molar-refractivity contribution in [3.63, 3.8) is 0 Å². The molecule has 2 aromatic rings. The van der Waals surface area contributed by atoms with E-state index in [1.807, 2.05) is 0 Å². The van der Waals surface area contributed by atoms with Gasteiger partial charge in [-0.05, 0) is 42.8 Å². The average Bonchev–Trinajstić information content (AvgIpc) is 2.70. The number of hydrogen-bond donors (Lipinski definition) is 1. The molecule has 0 saturated carbocycles. The third kappa shape index (κ3) is 6.05. The zero-order valence-corrected chi connectivity index (χ0v) is 14.5. The van der Waals surface area contributed by atoms with E-state index in [1.165, 1.54) is 0 Å². The summed E-state index contributed by atoms with van der Waals surface area (Å²) in [6.07, 6.45) is 1.10. The van der Waals surface area contributed by atoms with Gasteiger partial charge in [-0.1, -0.05) is 18.2 Å². The van der Waals surface area contributed by atoms with Gasteiger partial charge in [0.05, 0.1) is 12.7 Å². The van der Waals surface area contributed by atoms with E-state index in [1.54, 1.807) is 61.7 Å². The normalized spacial score (nSPS) is 11.3. The Hall–Kier alpha value is -3.15. The Balaban J connectivity index is 1.75. The molecule has 0 aliphatic heterocycles. The maximum atomic E-state index is 11.9. The number of carbonyl (C=O) groups is 2. The number of hydrogen-bond acceptors (Lipinski definition) is 6. The lowest BCUT2D eigenvalue weighted by atomic mass is 10.1. The van der Waals surface area contributed by atoms with E-state index in [0.29, 0.717) is 23.5 Å². The Bertz CT molecular complexity index is 728. The van der Waals surface area contributed by atoms with Gasteiger partial charge in [0, 0.05) is 12.6 Å². The summed E-state index contributed by atoms with van der Waals surface area (Å²) in [6, 6.07) is 15.5. The lowest BCUT2D eigenvalue weighted by molar-refractivity contribution is -0.122. The molecule has 6 nitrogen and oxygen atoms in total. The molecule has 0 amide bonds. The first kappa shape index (κ1) is 19.2. The fourth-order valence-corrected chi connectivity index (χ4v) is 2.18. The fourth-order valence-electron chi connectivity index (χ4n) is 2.18. The second-order valence-electron chi connectivity index (χ2n) is 5.52. The minimum atomic E-state index is -0.531. The smallest absolute Gasteiger partial charge is 0.338 e. The molecule has 2 rings (SSSR count). The van der Waals surface area contributed by atoms with E-state index in [2.05, 4.69) is 0 Å². The Kier molecular flexibility index (Phi) is 7.36. The van der Waals surface area contributed by atoms with Crippen molar-refractivity contribution in [3.05, 3.63) is 60.2 Å². The van der Waals surface area contributed by atoms with E-state index < -0.39 is 12.1 Å². The largest absolute Gasteiger partial charge is 0.497 e. The summed E-state index contributed by atoms with van der Waals surface area (Å²) in [5, 5.41) is 7.44. The minimum absolute atomic E-state index is 0.151. The quantitative estimate of drug-likeness (QED) is 0.522. The highest BCUT2D eigenvalue weighted by atomic mass is 16.5. The van der Waals surface area contributed by atoms with Crippen molar-refractivity contribution in [2.45, 2.75) is 18.9 Å². The van der Waals surface area contributed by atoms with Crippen LogP contribution in [0.2, 0.25) is 0 Å². The van der Waals surface area contributed by atoms with Gasteiger partial charge in [-0.25, -0.2) is 4.79 Å². The van der Waals surface area contributed by atoms with Crippen LogP contribution in [0.25, 0.3) is 0 Å². The van der Waals surface area contributed by atoms with Gasteiger partial charge in [0.1, 0.15) is 24.2 Å². The van der Waals surface area contributed by atoms with Crippen molar-refractivity contribution in [2.75, 3.05) is 13.7 Å². The number of benzene rings is 2. The van der Waals surface area contributed by atoms with Crippen LogP contribution in [0.15, 0.2) is 54.6 Å². The number of ether oxygens (including phenoxy) is 3. The van der Waals surface area contributed by atoms with Gasteiger partial charge in [0.15, 0.2) is 5.78 Å². The van der Waals surface area contributed by atoms with Crippen LogP contribution in [0.5, 0.6) is 11.5 Å². The first-order valence-electron chi connectivity index (χ1n) is 8.17. The number of Topliss-reactive ketones (excluding diaryl/α,β-unsaturated/α-hetero) is 1. The van der Waals surface area contributed by atoms with Crippen molar-refractivity contribution in [3.8, 4) is 11.5 Å². The molecule has 0 bridgehead atoms. The molecular weight excluding hydrogens is 334 g/mol. The summed E-state index contributed by atoms with van der Waals surface area (Å²) in [5.74, 6) is 0.540. The van der Waals surface area contributed by atoms with Gasteiger partial charge in [-0.3, -0.25) is 4.79 Å². The summed E-state index contributed by atoms with van der Waals surface area (Å²) in [7, 11) is 1.58. The van der Waals surface area contributed by atoms with Crippen LogP contribution in [0.1, 0.15) is 23.2 Å². The third-order valence-corrected chi connectivity index (χ3v) is 3.61. The monoisotopic (exact) mass is 355 g/mol. The van der Waals surface area contributed by atoms with Gasteiger partial charge in [-0.2, -0.15) is 0 Å². The van der Waals surface area contributed by atoms with E-state index in [-0.39, 0.29) is 18.8 Å². The van der Waals surface area contributed by atoms with E-state index in [9.17, 15) is 9.59 Å². The van der Waals surface area contributed by atoms with Gasteiger partial charge < -0.3 is 19.6 Å². The number of nitrogens with one attached hydrogen (secondary N) is 1. The van der Waals surface area contributed by atoms with E-state index >= 15 is 0 Å². The molecule has 0 radical (unpaired) electrons.